The number of nitrogens with one attached hydrogen (secondary N) is 1. The van der Waals surface area contributed by atoms with Gasteiger partial charge in [0.15, 0.2) is 0 Å². The number of aromatic amines is 1. The summed E-state index contributed by atoms with van der Waals surface area (Å²) in [5.74, 6) is -0.307. The highest BCUT2D eigenvalue weighted by molar-refractivity contribution is 8.00. The Morgan fingerprint density at radius 3 is 3.05 bits per heavy atom. The number of para-hydroxylation sites is 1. The molecule has 2 bridgehead atoms. The van der Waals surface area contributed by atoms with Crippen molar-refractivity contribution in [3.05, 3.63) is 35.5 Å². The molecule has 3 unspecified atom stereocenters. The molecule has 1 aromatic heterocycles. The smallest absolute Gasteiger partial charge is 0.341 e. The van der Waals surface area contributed by atoms with Crippen LogP contribution < -0.4 is 0 Å². The van der Waals surface area contributed by atoms with Gasteiger partial charge >= 0.3 is 5.97 Å². The molecule has 1 fully saturated rings. The number of hydrogen-bond acceptors (Lipinski definition) is 3. The Morgan fingerprint density at radius 1 is 1.50 bits per heavy atom. The molecule has 4 rings (SSSR count). The van der Waals surface area contributed by atoms with Gasteiger partial charge in [0.25, 0.3) is 0 Å². The quantitative estimate of drug-likeness (QED) is 0.892. The van der Waals surface area contributed by atoms with E-state index in [0.29, 0.717) is 5.92 Å². The van der Waals surface area contributed by atoms with Crippen LogP contribution in [0, 0.1) is 0 Å². The van der Waals surface area contributed by atoms with Gasteiger partial charge < -0.3 is 10.1 Å². The van der Waals surface area contributed by atoms with Gasteiger partial charge in [0, 0.05) is 29.9 Å². The summed E-state index contributed by atoms with van der Waals surface area (Å²) in [7, 11) is 0. The standard InChI is InChI=1S/C15H16N2O2S/c1-20-15(14(18)19)13-12(9-6-7-17(15)8-9)10-4-2-3-5-11(10)16-13/h2-5,9,16H,6-8H2,1H3,(H,18,19). The van der Waals surface area contributed by atoms with Crippen LogP contribution in [0.25, 0.3) is 10.9 Å². The van der Waals surface area contributed by atoms with Gasteiger partial charge in [0.1, 0.15) is 0 Å². The van der Waals surface area contributed by atoms with E-state index in [1.807, 2.05) is 24.5 Å². The number of carbonyl (C=O) groups is 1. The molecule has 0 radical (unpaired) electrons. The number of nitrogens with zero attached hydrogens (tertiary/aromatic N) is 1. The minimum Gasteiger partial charge on any atom is -0.479 e. The summed E-state index contributed by atoms with van der Waals surface area (Å²) < 4.78 is 0. The molecule has 1 saturated heterocycles. The highest BCUT2D eigenvalue weighted by Gasteiger charge is 2.55. The number of thioether (sulfide) groups is 1. The average molecular weight is 288 g/mol. The van der Waals surface area contributed by atoms with Crippen LogP contribution in [0.4, 0.5) is 0 Å². The van der Waals surface area contributed by atoms with Gasteiger partial charge in [-0.3, -0.25) is 4.90 Å². The fraction of sp³-hybridized carbons (Fsp3) is 0.400. The van der Waals surface area contributed by atoms with Crippen molar-refractivity contribution in [2.24, 2.45) is 0 Å². The van der Waals surface area contributed by atoms with Crippen LogP contribution in [-0.4, -0.2) is 40.3 Å². The van der Waals surface area contributed by atoms with Crippen LogP contribution in [0.5, 0.6) is 0 Å². The first-order valence-electron chi connectivity index (χ1n) is 6.83. The summed E-state index contributed by atoms with van der Waals surface area (Å²) in [6, 6.07) is 8.15. The Balaban J connectivity index is 2.09. The summed E-state index contributed by atoms with van der Waals surface area (Å²) in [5.41, 5.74) is 3.16. The molecule has 2 aliphatic rings. The molecular weight excluding hydrogens is 272 g/mol. The largest absolute Gasteiger partial charge is 0.479 e. The monoisotopic (exact) mass is 288 g/mol. The van der Waals surface area contributed by atoms with Gasteiger partial charge in [0.05, 0.1) is 5.69 Å². The van der Waals surface area contributed by atoms with Crippen molar-refractivity contribution >= 4 is 28.6 Å². The number of benzene rings is 1. The van der Waals surface area contributed by atoms with E-state index >= 15 is 0 Å². The molecular formula is C15H16N2O2S. The number of fused-ring (bicyclic) bond motifs is 6. The van der Waals surface area contributed by atoms with E-state index in [1.54, 1.807) is 0 Å². The molecule has 0 spiro atoms. The maximum absolute atomic E-state index is 12.1. The lowest BCUT2D eigenvalue weighted by atomic mass is 9.90. The zero-order valence-electron chi connectivity index (χ0n) is 11.2. The lowest BCUT2D eigenvalue weighted by Crippen LogP contribution is -2.51. The highest BCUT2D eigenvalue weighted by Crippen LogP contribution is 2.52. The van der Waals surface area contributed by atoms with Crippen LogP contribution in [0.15, 0.2) is 24.3 Å². The van der Waals surface area contributed by atoms with Crippen molar-refractivity contribution in [2.45, 2.75) is 17.2 Å². The highest BCUT2D eigenvalue weighted by atomic mass is 32.2. The molecule has 3 heterocycles. The van der Waals surface area contributed by atoms with Gasteiger partial charge in [0.2, 0.25) is 4.87 Å². The maximum atomic E-state index is 12.1. The van der Waals surface area contributed by atoms with Crippen molar-refractivity contribution in [1.82, 2.24) is 9.88 Å². The summed E-state index contributed by atoms with van der Waals surface area (Å²) in [4.78, 5) is 16.6. The second-order valence-corrected chi connectivity index (χ2v) is 6.54. The predicted molar refractivity (Wildman–Crippen MR) is 80.1 cm³/mol. The van der Waals surface area contributed by atoms with Gasteiger partial charge in [-0.05, 0) is 24.3 Å². The van der Waals surface area contributed by atoms with E-state index < -0.39 is 10.8 Å². The second-order valence-electron chi connectivity index (χ2n) is 5.54. The summed E-state index contributed by atoms with van der Waals surface area (Å²) in [5, 5.41) is 11.1. The van der Waals surface area contributed by atoms with E-state index in [4.69, 9.17) is 0 Å². The topological polar surface area (TPSA) is 56.3 Å². The lowest BCUT2D eigenvalue weighted by Gasteiger charge is -2.40. The van der Waals surface area contributed by atoms with Gasteiger partial charge in [-0.2, -0.15) is 0 Å². The molecule has 1 aromatic carbocycles. The molecule has 2 N–H and O–H groups in total. The minimum absolute atomic E-state index is 0.459. The molecule has 2 aliphatic heterocycles. The number of H-pyrrole nitrogens is 1. The number of aliphatic carboxylic acids is 1. The first-order valence-corrected chi connectivity index (χ1v) is 8.05. The van der Waals surface area contributed by atoms with Crippen LogP contribution in [0.2, 0.25) is 0 Å². The third-order valence-electron chi connectivity index (χ3n) is 4.71. The van der Waals surface area contributed by atoms with Crippen LogP contribution in [0.1, 0.15) is 23.6 Å². The van der Waals surface area contributed by atoms with Crippen LogP contribution >= 0.6 is 11.8 Å². The predicted octanol–water partition coefficient (Wildman–Crippen LogP) is 2.57. The van der Waals surface area contributed by atoms with Crippen molar-refractivity contribution in [2.75, 3.05) is 19.3 Å². The summed E-state index contributed by atoms with van der Waals surface area (Å²) in [6.07, 6.45) is 2.94. The Kier molecular flexibility index (Phi) is 2.47. The molecule has 4 nitrogen and oxygen atoms in total. The molecule has 5 heteroatoms. The number of aromatic nitrogens is 1. The SMILES string of the molecule is CSC1(C(=O)O)c2[nH]c3ccccc3c2C2CCN1C2. The van der Waals surface area contributed by atoms with Crippen molar-refractivity contribution in [3.8, 4) is 0 Å². The molecule has 3 atom stereocenters. The van der Waals surface area contributed by atoms with E-state index in [2.05, 4.69) is 16.0 Å². The molecule has 104 valence electrons. The molecule has 0 saturated carbocycles. The van der Waals surface area contributed by atoms with E-state index in [0.717, 1.165) is 30.7 Å². The normalized spacial score (nSPS) is 31.4. The number of carboxylic acids is 1. The van der Waals surface area contributed by atoms with Crippen LogP contribution in [0.3, 0.4) is 0 Å². The number of rotatable bonds is 2. The Bertz CT molecular complexity index is 711. The first-order chi connectivity index (χ1) is 9.68. The molecule has 20 heavy (non-hydrogen) atoms. The van der Waals surface area contributed by atoms with E-state index in [-0.39, 0.29) is 0 Å². The number of hydrogen-bond donors (Lipinski definition) is 2. The van der Waals surface area contributed by atoms with Gasteiger partial charge in [-0.1, -0.05) is 18.2 Å². The van der Waals surface area contributed by atoms with E-state index in [9.17, 15) is 9.90 Å². The maximum Gasteiger partial charge on any atom is 0.341 e. The lowest BCUT2D eigenvalue weighted by molar-refractivity contribution is -0.145. The third kappa shape index (κ3) is 1.29. The molecule has 0 aliphatic carbocycles. The zero-order valence-corrected chi connectivity index (χ0v) is 12.0. The molecule has 2 aromatic rings. The fourth-order valence-corrected chi connectivity index (χ4v) is 4.82. The Labute approximate surface area is 121 Å². The first kappa shape index (κ1) is 12.3. The van der Waals surface area contributed by atoms with Crippen molar-refractivity contribution in [1.29, 1.82) is 0 Å². The van der Waals surface area contributed by atoms with Gasteiger partial charge in [-0.15, -0.1) is 11.8 Å². The fourth-order valence-electron chi connectivity index (χ4n) is 3.86. The average Bonchev–Trinajstić information content (AvgIpc) is 3.03. The van der Waals surface area contributed by atoms with Gasteiger partial charge in [-0.25, -0.2) is 4.79 Å². The van der Waals surface area contributed by atoms with Crippen LogP contribution in [-0.2, 0) is 9.67 Å². The minimum atomic E-state index is -0.957. The van der Waals surface area contributed by atoms with Crippen molar-refractivity contribution in [3.63, 3.8) is 0 Å². The summed E-state index contributed by atoms with van der Waals surface area (Å²) >= 11 is 1.41. The third-order valence-corrected chi connectivity index (χ3v) is 5.94. The zero-order chi connectivity index (χ0) is 13.9. The summed E-state index contributed by atoms with van der Waals surface area (Å²) in [6.45, 7) is 1.71. The number of carboxylic acid groups (broad SMARTS) is 1. The second kappa shape index (κ2) is 4.02. The Hall–Kier alpha value is -1.46. The van der Waals surface area contributed by atoms with E-state index in [1.165, 1.54) is 22.7 Å². The Morgan fingerprint density at radius 2 is 2.30 bits per heavy atom. The molecule has 0 amide bonds. The van der Waals surface area contributed by atoms with Crippen molar-refractivity contribution < 1.29 is 9.90 Å².